The zero-order chi connectivity index (χ0) is 34.0. The van der Waals surface area contributed by atoms with Gasteiger partial charge < -0.3 is 29.0 Å². The Kier molecular flexibility index (Phi) is 7.69. The predicted octanol–water partition coefficient (Wildman–Crippen LogP) is 3.52. The molecule has 2 N–H and O–H groups in total. The van der Waals surface area contributed by atoms with Gasteiger partial charge in [0.2, 0.25) is 0 Å². The number of anilines is 3. The van der Waals surface area contributed by atoms with Crippen molar-refractivity contribution in [3.05, 3.63) is 98.8 Å². The molecule has 0 saturated carbocycles. The molecule has 5 aromatic heterocycles. The number of hydrogen-bond acceptors (Lipinski definition) is 9. The summed E-state index contributed by atoms with van der Waals surface area (Å²) in [5, 5.41) is 13.9. The molecule has 0 aromatic carbocycles. The molecule has 0 radical (unpaired) electrons. The van der Waals surface area contributed by atoms with E-state index in [1.807, 2.05) is 35.0 Å². The van der Waals surface area contributed by atoms with Crippen LogP contribution >= 0.6 is 0 Å². The SMILES string of the molecule is C[C@@H]1CN(C2COC2)CCN1c1ccc(Nc2cc(-c3ccnc(-n4ccn5c6c(cc5c4=O)CC(C)(C)C6)c3CO)cn(C)c2=O)nc1. The standard InChI is InChI=1S/C37H42N8O4/c1-23-18-42(27-21-49-22-27)9-10-43(23)26-5-6-33(39-17-26)40-30-13-25(19-41(4)35(30)47)28-7-8-38-34(29(28)20-46)45-12-11-44-31(36(45)48)14-24-15-37(2,3)16-32(24)44/h5-8,11-14,17,19,23,27,46H,9-10,15-16,18,20-22H2,1-4H3,(H,39,40)/t23-/m1/s1. The van der Waals surface area contributed by atoms with E-state index < -0.39 is 0 Å². The minimum Gasteiger partial charge on any atom is -0.392 e. The van der Waals surface area contributed by atoms with Gasteiger partial charge in [-0.15, -0.1) is 0 Å². The predicted molar refractivity (Wildman–Crippen MR) is 189 cm³/mol. The lowest BCUT2D eigenvalue weighted by Crippen LogP contribution is -2.59. The molecule has 5 aromatic rings. The molecular formula is C37H42N8O4. The highest BCUT2D eigenvalue weighted by molar-refractivity contribution is 5.73. The van der Waals surface area contributed by atoms with Crippen LogP contribution in [0.2, 0.25) is 0 Å². The number of pyridine rings is 3. The number of ether oxygens (including phenoxy) is 1. The topological polar surface area (TPSA) is 122 Å². The maximum atomic E-state index is 13.8. The van der Waals surface area contributed by atoms with E-state index in [1.54, 1.807) is 37.8 Å². The van der Waals surface area contributed by atoms with Gasteiger partial charge in [-0.1, -0.05) is 13.8 Å². The second kappa shape index (κ2) is 12.0. The van der Waals surface area contributed by atoms with Crippen LogP contribution in [0.1, 0.15) is 37.6 Å². The summed E-state index contributed by atoms with van der Waals surface area (Å²) < 4.78 is 10.4. The molecule has 12 heteroatoms. The van der Waals surface area contributed by atoms with Gasteiger partial charge in [0.1, 0.15) is 22.8 Å². The van der Waals surface area contributed by atoms with Crippen LogP contribution in [0.4, 0.5) is 17.2 Å². The van der Waals surface area contributed by atoms with Gasteiger partial charge in [-0.05, 0) is 66.6 Å². The Hall–Kier alpha value is -4.78. The maximum Gasteiger partial charge on any atom is 0.280 e. The van der Waals surface area contributed by atoms with Crippen molar-refractivity contribution in [2.45, 2.75) is 52.3 Å². The minimum absolute atomic E-state index is 0.170. The van der Waals surface area contributed by atoms with Crippen LogP contribution < -0.4 is 21.3 Å². The Labute approximate surface area is 284 Å². The number of nitrogens with one attached hydrogen (secondary N) is 1. The van der Waals surface area contributed by atoms with Crippen LogP contribution in [-0.4, -0.2) is 78.4 Å². The lowest BCUT2D eigenvalue weighted by molar-refractivity contribution is -0.0691. The number of aryl methyl sites for hydroxylation is 1. The van der Waals surface area contributed by atoms with Gasteiger partial charge in [-0.2, -0.15) is 0 Å². The van der Waals surface area contributed by atoms with Gasteiger partial charge in [0.25, 0.3) is 11.1 Å². The molecule has 2 fully saturated rings. The Balaban J connectivity index is 1.07. The quantitative estimate of drug-likeness (QED) is 0.270. The van der Waals surface area contributed by atoms with Crippen molar-refractivity contribution in [1.29, 1.82) is 0 Å². The van der Waals surface area contributed by atoms with Gasteiger partial charge >= 0.3 is 0 Å². The van der Waals surface area contributed by atoms with Crippen LogP contribution in [-0.2, 0) is 31.2 Å². The Morgan fingerprint density at radius 1 is 1.04 bits per heavy atom. The van der Waals surface area contributed by atoms with Crippen LogP contribution in [0.5, 0.6) is 0 Å². The number of fused-ring (bicyclic) bond motifs is 3. The molecule has 2 saturated heterocycles. The van der Waals surface area contributed by atoms with Crippen molar-refractivity contribution >= 4 is 22.7 Å². The summed E-state index contributed by atoms with van der Waals surface area (Å²) in [6.07, 6.45) is 10.7. The van der Waals surface area contributed by atoms with Gasteiger partial charge in [-0.3, -0.25) is 19.1 Å². The smallest absolute Gasteiger partial charge is 0.280 e. The van der Waals surface area contributed by atoms with E-state index in [2.05, 4.69) is 45.9 Å². The molecule has 12 nitrogen and oxygen atoms in total. The van der Waals surface area contributed by atoms with E-state index >= 15 is 0 Å². The van der Waals surface area contributed by atoms with Crippen molar-refractivity contribution in [1.82, 2.24) is 28.4 Å². The molecule has 1 atom stereocenters. The molecule has 0 bridgehead atoms. The highest BCUT2D eigenvalue weighted by Crippen LogP contribution is 2.37. The van der Waals surface area contributed by atoms with Gasteiger partial charge in [0, 0.05) is 74.3 Å². The maximum absolute atomic E-state index is 13.8. The molecule has 3 aliphatic rings. The normalized spacial score (nSPS) is 19.3. The monoisotopic (exact) mass is 662 g/mol. The van der Waals surface area contributed by atoms with Gasteiger partial charge in [-0.25, -0.2) is 9.97 Å². The first-order valence-electron chi connectivity index (χ1n) is 17.0. The number of aromatic nitrogens is 5. The van der Waals surface area contributed by atoms with E-state index in [1.165, 1.54) is 20.4 Å². The Morgan fingerprint density at radius 3 is 2.59 bits per heavy atom. The number of nitrogens with zero attached hydrogens (tertiary/aromatic N) is 7. The number of aliphatic hydroxyl groups is 1. The molecule has 0 unspecified atom stereocenters. The fourth-order valence-corrected chi connectivity index (χ4v) is 7.79. The van der Waals surface area contributed by atoms with E-state index in [0.717, 1.165) is 51.4 Å². The Bertz CT molecular complexity index is 2180. The third kappa shape index (κ3) is 5.53. The zero-order valence-corrected chi connectivity index (χ0v) is 28.4. The highest BCUT2D eigenvalue weighted by atomic mass is 16.5. The first-order chi connectivity index (χ1) is 23.6. The van der Waals surface area contributed by atoms with E-state index in [0.29, 0.717) is 51.6 Å². The van der Waals surface area contributed by atoms with Gasteiger partial charge in [0.05, 0.1) is 37.7 Å². The second-order valence-electron chi connectivity index (χ2n) is 14.5. The van der Waals surface area contributed by atoms with Crippen molar-refractivity contribution < 1.29 is 9.84 Å². The average Bonchev–Trinajstić information content (AvgIpc) is 3.55. The fourth-order valence-electron chi connectivity index (χ4n) is 7.79. The molecule has 0 amide bonds. The number of piperazine rings is 1. The molecule has 2 aliphatic heterocycles. The molecule has 49 heavy (non-hydrogen) atoms. The zero-order valence-electron chi connectivity index (χ0n) is 28.4. The first-order valence-corrected chi connectivity index (χ1v) is 17.0. The summed E-state index contributed by atoms with van der Waals surface area (Å²) in [7, 11) is 1.69. The molecular weight excluding hydrogens is 620 g/mol. The van der Waals surface area contributed by atoms with Crippen LogP contribution in [0, 0.1) is 5.41 Å². The first kappa shape index (κ1) is 31.5. The molecule has 0 spiro atoms. The third-order valence-corrected chi connectivity index (χ3v) is 10.4. The van der Waals surface area contributed by atoms with Crippen molar-refractivity contribution in [3.8, 4) is 16.9 Å². The minimum atomic E-state index is -0.350. The van der Waals surface area contributed by atoms with Crippen LogP contribution in [0.3, 0.4) is 0 Å². The average molecular weight is 663 g/mol. The summed E-state index contributed by atoms with van der Waals surface area (Å²) in [4.78, 5) is 41.2. The summed E-state index contributed by atoms with van der Waals surface area (Å²) in [5.41, 5.74) is 5.95. The van der Waals surface area contributed by atoms with Crippen molar-refractivity contribution in [2.24, 2.45) is 12.5 Å². The van der Waals surface area contributed by atoms with E-state index in [-0.39, 0.29) is 23.1 Å². The van der Waals surface area contributed by atoms with Crippen LogP contribution in [0.25, 0.3) is 22.5 Å². The summed E-state index contributed by atoms with van der Waals surface area (Å²) in [6, 6.07) is 10.4. The summed E-state index contributed by atoms with van der Waals surface area (Å²) in [6.45, 7) is 10.9. The molecule has 8 rings (SSSR count). The number of rotatable bonds is 7. The lowest BCUT2D eigenvalue weighted by atomic mass is 9.90. The number of hydrogen-bond donors (Lipinski definition) is 2. The van der Waals surface area contributed by atoms with E-state index in [4.69, 9.17) is 4.74 Å². The van der Waals surface area contributed by atoms with E-state index in [9.17, 15) is 14.7 Å². The second-order valence-corrected chi connectivity index (χ2v) is 14.5. The fraction of sp³-hybridized carbons (Fsp3) is 0.405. The summed E-state index contributed by atoms with van der Waals surface area (Å²) >= 11 is 0. The number of aliphatic hydroxyl groups excluding tert-OH is 1. The largest absolute Gasteiger partial charge is 0.392 e. The van der Waals surface area contributed by atoms with Crippen molar-refractivity contribution in [2.75, 3.05) is 43.1 Å². The third-order valence-electron chi connectivity index (χ3n) is 10.4. The Morgan fingerprint density at radius 2 is 1.88 bits per heavy atom. The molecule has 1 aliphatic carbocycles. The molecule has 7 heterocycles. The lowest BCUT2D eigenvalue weighted by Gasteiger charge is -2.46. The van der Waals surface area contributed by atoms with Crippen LogP contribution in [0.15, 0.2) is 70.9 Å². The van der Waals surface area contributed by atoms with Gasteiger partial charge in [0.15, 0.2) is 0 Å². The highest BCUT2D eigenvalue weighted by Gasteiger charge is 2.33. The van der Waals surface area contributed by atoms with Crippen molar-refractivity contribution in [3.63, 3.8) is 0 Å². The summed E-state index contributed by atoms with van der Waals surface area (Å²) in [5.74, 6) is 0.905. The molecule has 254 valence electrons.